The molecule has 1 heterocycles. The summed E-state index contributed by atoms with van der Waals surface area (Å²) in [6.45, 7) is 5.25. The first kappa shape index (κ1) is 21.4. The van der Waals surface area contributed by atoms with Crippen molar-refractivity contribution in [3.8, 4) is 0 Å². The fourth-order valence-corrected chi connectivity index (χ4v) is 2.89. The van der Waals surface area contributed by atoms with Crippen LogP contribution in [-0.2, 0) is 14.6 Å². The van der Waals surface area contributed by atoms with Gasteiger partial charge in [-0.05, 0) is 6.42 Å². The van der Waals surface area contributed by atoms with Crippen molar-refractivity contribution in [2.75, 3.05) is 38.2 Å². The van der Waals surface area contributed by atoms with Crippen LogP contribution in [0.25, 0.3) is 0 Å². The largest absolute Gasteiger partial charge is 0.355 e. The van der Waals surface area contributed by atoms with E-state index in [9.17, 15) is 13.2 Å². The molecule has 1 unspecified atom stereocenters. The summed E-state index contributed by atoms with van der Waals surface area (Å²) in [6.07, 6.45) is 1.40. The highest BCUT2D eigenvalue weighted by Gasteiger charge is 2.25. The number of nitrogens with one attached hydrogen (secondary N) is 2. The fourth-order valence-electron chi connectivity index (χ4n) is 2.19. The zero-order valence-electron chi connectivity index (χ0n) is 13.5. The van der Waals surface area contributed by atoms with Gasteiger partial charge in [0.25, 0.3) is 0 Å². The molecule has 1 fully saturated rings. The first-order chi connectivity index (χ1) is 9.91. The average Bonchev–Trinajstić information content (AvgIpc) is 2.93. The molecule has 0 bridgehead atoms. The Morgan fingerprint density at radius 1 is 1.36 bits per heavy atom. The van der Waals surface area contributed by atoms with Crippen molar-refractivity contribution in [2.24, 2.45) is 4.99 Å². The van der Waals surface area contributed by atoms with E-state index in [4.69, 9.17) is 0 Å². The van der Waals surface area contributed by atoms with Crippen molar-refractivity contribution in [1.29, 1.82) is 0 Å². The highest BCUT2D eigenvalue weighted by atomic mass is 127. The Morgan fingerprint density at radius 3 is 2.59 bits per heavy atom. The Morgan fingerprint density at radius 2 is 2.05 bits per heavy atom. The van der Waals surface area contributed by atoms with Crippen molar-refractivity contribution in [2.45, 2.75) is 32.7 Å². The van der Waals surface area contributed by atoms with E-state index in [0.29, 0.717) is 25.5 Å². The zero-order valence-corrected chi connectivity index (χ0v) is 16.6. The van der Waals surface area contributed by atoms with E-state index in [2.05, 4.69) is 15.6 Å². The van der Waals surface area contributed by atoms with E-state index in [-0.39, 0.29) is 47.4 Å². The minimum Gasteiger partial charge on any atom is -0.355 e. The average molecular weight is 446 g/mol. The van der Waals surface area contributed by atoms with Crippen LogP contribution >= 0.6 is 24.0 Å². The summed E-state index contributed by atoms with van der Waals surface area (Å²) in [4.78, 5) is 17.5. The molecule has 2 N–H and O–H groups in total. The van der Waals surface area contributed by atoms with E-state index < -0.39 is 9.84 Å². The van der Waals surface area contributed by atoms with Gasteiger partial charge in [0.2, 0.25) is 5.91 Å². The fraction of sp³-hybridized carbons (Fsp3) is 0.846. The van der Waals surface area contributed by atoms with Crippen LogP contribution in [0.4, 0.5) is 0 Å². The topological polar surface area (TPSA) is 90.9 Å². The third-order valence-corrected chi connectivity index (χ3v) is 5.26. The van der Waals surface area contributed by atoms with Gasteiger partial charge >= 0.3 is 0 Å². The van der Waals surface area contributed by atoms with Crippen molar-refractivity contribution in [3.05, 3.63) is 0 Å². The van der Waals surface area contributed by atoms with Crippen LogP contribution in [-0.4, -0.2) is 69.4 Å². The number of likely N-dealkylation sites (tertiary alicyclic amines) is 1. The van der Waals surface area contributed by atoms with Gasteiger partial charge in [-0.25, -0.2) is 8.42 Å². The SMILES string of the molecule is CCC(=O)N1CCC(NC(=NC)NCCS(=O)(=O)CC)C1.I. The van der Waals surface area contributed by atoms with Crippen molar-refractivity contribution in [3.63, 3.8) is 0 Å². The van der Waals surface area contributed by atoms with Gasteiger partial charge in [0.1, 0.15) is 0 Å². The summed E-state index contributed by atoms with van der Waals surface area (Å²) in [7, 11) is -1.33. The van der Waals surface area contributed by atoms with Gasteiger partial charge < -0.3 is 15.5 Å². The second-order valence-corrected chi connectivity index (χ2v) is 7.53. The van der Waals surface area contributed by atoms with Crippen LogP contribution < -0.4 is 10.6 Å². The van der Waals surface area contributed by atoms with Crippen LogP contribution in [0.3, 0.4) is 0 Å². The van der Waals surface area contributed by atoms with Crippen molar-refractivity contribution in [1.82, 2.24) is 15.5 Å². The summed E-state index contributed by atoms with van der Waals surface area (Å²) in [6, 6.07) is 0.162. The molecule has 1 amide bonds. The predicted molar refractivity (Wildman–Crippen MR) is 99.5 cm³/mol. The number of halogens is 1. The van der Waals surface area contributed by atoms with Crippen molar-refractivity contribution < 1.29 is 13.2 Å². The summed E-state index contributed by atoms with van der Waals surface area (Å²) in [5.74, 6) is 0.987. The molecule has 1 aliphatic heterocycles. The number of rotatable bonds is 6. The lowest BCUT2D eigenvalue weighted by molar-refractivity contribution is -0.129. The lowest BCUT2D eigenvalue weighted by atomic mass is 10.3. The maximum Gasteiger partial charge on any atom is 0.222 e. The van der Waals surface area contributed by atoms with Crippen LogP contribution in [0.1, 0.15) is 26.7 Å². The maximum atomic E-state index is 11.6. The zero-order chi connectivity index (χ0) is 15.9. The van der Waals surface area contributed by atoms with E-state index in [1.807, 2.05) is 11.8 Å². The molecule has 0 aromatic heterocycles. The molecule has 0 saturated carbocycles. The van der Waals surface area contributed by atoms with E-state index in [0.717, 1.165) is 13.0 Å². The highest BCUT2D eigenvalue weighted by Crippen LogP contribution is 2.10. The second-order valence-electron chi connectivity index (χ2n) is 5.06. The Bertz CT molecular complexity index is 482. The van der Waals surface area contributed by atoms with Crippen LogP contribution in [0.15, 0.2) is 4.99 Å². The molecule has 130 valence electrons. The van der Waals surface area contributed by atoms with E-state index in [1.165, 1.54) is 0 Å². The molecular formula is C13H27IN4O3S. The minimum atomic E-state index is -2.97. The minimum absolute atomic E-state index is 0. The number of sulfone groups is 1. The number of carbonyl (C=O) groups excluding carboxylic acids is 1. The van der Waals surface area contributed by atoms with Crippen LogP contribution in [0.5, 0.6) is 0 Å². The molecule has 9 heteroatoms. The number of hydrogen-bond acceptors (Lipinski definition) is 4. The molecule has 0 aromatic rings. The lowest BCUT2D eigenvalue weighted by Crippen LogP contribution is -2.46. The Balaban J connectivity index is 0.00000441. The molecule has 0 aromatic carbocycles. The summed E-state index contributed by atoms with van der Waals surface area (Å²) >= 11 is 0. The van der Waals surface area contributed by atoms with Crippen molar-refractivity contribution >= 4 is 45.7 Å². The quantitative estimate of drug-likeness (QED) is 0.346. The Kier molecular flexibility index (Phi) is 9.97. The molecule has 0 aliphatic carbocycles. The lowest BCUT2D eigenvalue weighted by Gasteiger charge is -2.18. The van der Waals surface area contributed by atoms with Gasteiger partial charge in [0.05, 0.1) is 5.75 Å². The summed E-state index contributed by atoms with van der Waals surface area (Å²) in [5, 5.41) is 6.23. The number of aliphatic imine (C=N–C) groups is 1. The van der Waals surface area contributed by atoms with Gasteiger partial charge in [-0.2, -0.15) is 0 Å². The predicted octanol–water partition coefficient (Wildman–Crippen LogP) is 0.215. The van der Waals surface area contributed by atoms with Gasteiger partial charge in [0, 0.05) is 44.9 Å². The standard InChI is InChI=1S/C13H26N4O3S.HI/c1-4-12(18)17-8-6-11(10-17)16-13(14-3)15-7-9-21(19,20)5-2;/h11H,4-10H2,1-3H3,(H2,14,15,16);1H. The molecule has 0 spiro atoms. The number of guanidine groups is 1. The molecule has 22 heavy (non-hydrogen) atoms. The molecule has 7 nitrogen and oxygen atoms in total. The number of nitrogens with zero attached hydrogens (tertiary/aromatic N) is 2. The van der Waals surface area contributed by atoms with Gasteiger partial charge in [0.15, 0.2) is 15.8 Å². The normalized spacial score (nSPS) is 18.8. The smallest absolute Gasteiger partial charge is 0.222 e. The molecule has 0 radical (unpaired) electrons. The Labute approximate surface area is 150 Å². The molecule has 1 rings (SSSR count). The number of hydrogen-bond donors (Lipinski definition) is 2. The van der Waals surface area contributed by atoms with Gasteiger partial charge in [-0.3, -0.25) is 9.79 Å². The van der Waals surface area contributed by atoms with Crippen LogP contribution in [0, 0.1) is 0 Å². The second kappa shape index (κ2) is 10.2. The van der Waals surface area contributed by atoms with Gasteiger partial charge in [-0.15, -0.1) is 24.0 Å². The van der Waals surface area contributed by atoms with Crippen LogP contribution in [0.2, 0.25) is 0 Å². The third-order valence-electron chi connectivity index (χ3n) is 3.55. The van der Waals surface area contributed by atoms with E-state index in [1.54, 1.807) is 14.0 Å². The monoisotopic (exact) mass is 446 g/mol. The third kappa shape index (κ3) is 7.12. The number of carbonyl (C=O) groups is 1. The summed E-state index contributed by atoms with van der Waals surface area (Å²) < 4.78 is 22.8. The van der Waals surface area contributed by atoms with E-state index >= 15 is 0 Å². The summed E-state index contributed by atoms with van der Waals surface area (Å²) in [5.41, 5.74) is 0. The maximum absolute atomic E-state index is 11.6. The molecule has 1 atom stereocenters. The Hall–Kier alpha value is -0.580. The molecule has 1 aliphatic rings. The number of amides is 1. The van der Waals surface area contributed by atoms with Gasteiger partial charge in [-0.1, -0.05) is 13.8 Å². The first-order valence-electron chi connectivity index (χ1n) is 7.37. The highest BCUT2D eigenvalue weighted by molar-refractivity contribution is 14.0. The molecular weight excluding hydrogens is 419 g/mol. The molecule has 1 saturated heterocycles. The first-order valence-corrected chi connectivity index (χ1v) is 9.19.